The summed E-state index contributed by atoms with van der Waals surface area (Å²) in [6, 6.07) is 9.41. The molecular weight excluding hydrogens is 454 g/mol. The van der Waals surface area contributed by atoms with Crippen molar-refractivity contribution in [2.75, 3.05) is 18.4 Å². The summed E-state index contributed by atoms with van der Waals surface area (Å²) in [5.74, 6) is 0.290. The summed E-state index contributed by atoms with van der Waals surface area (Å²) in [5, 5.41) is 17.5. The highest BCUT2D eigenvalue weighted by atomic mass is 32.2. The van der Waals surface area contributed by atoms with Gasteiger partial charge in [-0.1, -0.05) is 0 Å². The second-order valence-electron chi connectivity index (χ2n) is 9.42. The number of piperidine rings is 1. The van der Waals surface area contributed by atoms with E-state index in [1.807, 2.05) is 0 Å². The van der Waals surface area contributed by atoms with Crippen molar-refractivity contribution in [3.8, 4) is 0 Å². The molecule has 0 unspecified atom stereocenters. The van der Waals surface area contributed by atoms with Crippen molar-refractivity contribution in [1.29, 1.82) is 0 Å². The Morgan fingerprint density at radius 2 is 1.85 bits per heavy atom. The number of aromatic nitrogens is 3. The second kappa shape index (κ2) is 8.75. The van der Waals surface area contributed by atoms with Gasteiger partial charge in [-0.3, -0.25) is 9.36 Å². The molecule has 3 aromatic rings. The molecular formula is C24H29N5O4S. The smallest absolute Gasteiger partial charge is 0.252 e. The molecule has 3 N–H and O–H groups in total. The molecule has 180 valence electrons. The van der Waals surface area contributed by atoms with E-state index in [9.17, 15) is 18.3 Å². The zero-order valence-electron chi connectivity index (χ0n) is 19.1. The number of sulfone groups is 1. The van der Waals surface area contributed by atoms with Gasteiger partial charge in [0.1, 0.15) is 5.65 Å². The molecule has 0 amide bonds. The number of rotatable bonds is 5. The largest absolute Gasteiger partial charge is 0.388 e. The number of nitrogens with zero attached hydrogens (tertiary/aromatic N) is 3. The van der Waals surface area contributed by atoms with Gasteiger partial charge in [0.2, 0.25) is 5.95 Å². The Morgan fingerprint density at radius 3 is 2.53 bits per heavy atom. The molecule has 34 heavy (non-hydrogen) atoms. The summed E-state index contributed by atoms with van der Waals surface area (Å²) in [7, 11) is -3.37. The Morgan fingerprint density at radius 1 is 1.12 bits per heavy atom. The van der Waals surface area contributed by atoms with E-state index in [1.54, 1.807) is 48.0 Å². The average Bonchev–Trinajstić information content (AvgIpc) is 3.18. The highest BCUT2D eigenvalue weighted by Crippen LogP contribution is 2.39. The monoisotopic (exact) mass is 483 g/mol. The Kier molecular flexibility index (Phi) is 5.91. The van der Waals surface area contributed by atoms with Gasteiger partial charge in [0, 0.05) is 23.3 Å². The van der Waals surface area contributed by atoms with E-state index in [4.69, 9.17) is 0 Å². The SMILES string of the molecule is C[C@@]1(O)CCC[C@H]1n1c(=O)ccc2cnc(Nc3ccc(S(=O)(=O)C4CCNCC4)cc3)nc21. The molecule has 1 aliphatic heterocycles. The Labute approximate surface area is 198 Å². The summed E-state index contributed by atoms with van der Waals surface area (Å²) in [5.41, 5.74) is -0.0906. The summed E-state index contributed by atoms with van der Waals surface area (Å²) in [4.78, 5) is 22.0. The summed E-state index contributed by atoms with van der Waals surface area (Å²) in [6.07, 6.45) is 5.03. The fourth-order valence-corrected chi connectivity index (χ4v) is 6.85. The van der Waals surface area contributed by atoms with E-state index < -0.39 is 15.4 Å². The molecule has 2 atom stereocenters. The number of hydrogen-bond acceptors (Lipinski definition) is 8. The van der Waals surface area contributed by atoms with Crippen LogP contribution < -0.4 is 16.2 Å². The van der Waals surface area contributed by atoms with Gasteiger partial charge in [0.15, 0.2) is 9.84 Å². The van der Waals surface area contributed by atoms with Crippen molar-refractivity contribution in [1.82, 2.24) is 19.9 Å². The zero-order chi connectivity index (χ0) is 23.9. The van der Waals surface area contributed by atoms with Gasteiger partial charge in [0.25, 0.3) is 5.56 Å². The van der Waals surface area contributed by atoms with E-state index >= 15 is 0 Å². The minimum atomic E-state index is -3.37. The predicted molar refractivity (Wildman–Crippen MR) is 130 cm³/mol. The maximum Gasteiger partial charge on any atom is 0.252 e. The number of benzene rings is 1. The molecule has 10 heteroatoms. The predicted octanol–water partition coefficient (Wildman–Crippen LogP) is 2.54. The van der Waals surface area contributed by atoms with Crippen LogP contribution in [0.5, 0.6) is 0 Å². The molecule has 1 aliphatic carbocycles. The van der Waals surface area contributed by atoms with Crippen LogP contribution in [0.1, 0.15) is 45.1 Å². The first kappa shape index (κ1) is 22.9. The van der Waals surface area contributed by atoms with Crippen LogP contribution in [0.15, 0.2) is 52.3 Å². The molecule has 1 saturated carbocycles. The quantitative estimate of drug-likeness (QED) is 0.505. The highest BCUT2D eigenvalue weighted by molar-refractivity contribution is 7.92. The molecule has 5 rings (SSSR count). The summed E-state index contributed by atoms with van der Waals surface area (Å²) in [6.45, 7) is 3.18. The van der Waals surface area contributed by atoms with E-state index in [1.165, 1.54) is 6.07 Å². The lowest BCUT2D eigenvalue weighted by molar-refractivity contribution is 0.0267. The summed E-state index contributed by atoms with van der Waals surface area (Å²) >= 11 is 0. The summed E-state index contributed by atoms with van der Waals surface area (Å²) < 4.78 is 27.4. The average molecular weight is 484 g/mol. The molecule has 3 heterocycles. The zero-order valence-corrected chi connectivity index (χ0v) is 19.9. The third-order valence-corrected chi connectivity index (χ3v) is 9.30. The van der Waals surface area contributed by atoms with Crippen LogP contribution in [0.2, 0.25) is 0 Å². The number of anilines is 2. The molecule has 0 bridgehead atoms. The first-order valence-electron chi connectivity index (χ1n) is 11.7. The number of hydrogen-bond donors (Lipinski definition) is 3. The first-order chi connectivity index (χ1) is 16.3. The molecule has 0 radical (unpaired) electrons. The second-order valence-corrected chi connectivity index (χ2v) is 11.7. The molecule has 2 fully saturated rings. The lowest BCUT2D eigenvalue weighted by Gasteiger charge is -2.28. The van der Waals surface area contributed by atoms with Gasteiger partial charge in [-0.25, -0.2) is 13.4 Å². The number of nitrogens with one attached hydrogen (secondary N) is 2. The van der Waals surface area contributed by atoms with Crippen LogP contribution in [0, 0.1) is 0 Å². The van der Waals surface area contributed by atoms with Crippen molar-refractivity contribution >= 4 is 32.5 Å². The number of pyridine rings is 1. The molecule has 0 spiro atoms. The van der Waals surface area contributed by atoms with E-state index in [0.717, 1.165) is 6.42 Å². The van der Waals surface area contributed by atoms with Crippen LogP contribution in [0.25, 0.3) is 11.0 Å². The topological polar surface area (TPSA) is 126 Å². The lowest BCUT2D eigenvalue weighted by atomic mass is 10.00. The minimum absolute atomic E-state index is 0.211. The fourth-order valence-electron chi connectivity index (χ4n) is 5.09. The van der Waals surface area contributed by atoms with Crippen LogP contribution in [-0.2, 0) is 9.84 Å². The maximum absolute atomic E-state index is 12.9. The standard InChI is InChI=1S/C24H29N5O4S/c1-24(31)12-2-3-20(24)29-21(30)9-4-16-15-26-23(28-22(16)29)27-17-5-7-18(8-6-17)34(32,33)19-10-13-25-14-11-19/h4-9,15,19-20,25,31H,2-3,10-14H2,1H3,(H,26,27,28)/t20-,24-/m1/s1. The third-order valence-electron chi connectivity index (χ3n) is 7.02. The molecule has 9 nitrogen and oxygen atoms in total. The molecule has 1 saturated heterocycles. The van der Waals surface area contributed by atoms with Crippen LogP contribution >= 0.6 is 0 Å². The van der Waals surface area contributed by atoms with E-state index in [0.29, 0.717) is 66.3 Å². The van der Waals surface area contributed by atoms with Crippen molar-refractivity contribution in [2.45, 2.75) is 60.8 Å². The lowest BCUT2D eigenvalue weighted by Crippen LogP contribution is -2.37. The maximum atomic E-state index is 12.9. The van der Waals surface area contributed by atoms with E-state index in [2.05, 4.69) is 20.6 Å². The van der Waals surface area contributed by atoms with Gasteiger partial charge in [0.05, 0.1) is 21.8 Å². The Bertz CT molecular complexity index is 1360. The highest BCUT2D eigenvalue weighted by Gasteiger charge is 2.39. The normalized spacial score (nSPS) is 23.9. The van der Waals surface area contributed by atoms with Gasteiger partial charge >= 0.3 is 0 Å². The van der Waals surface area contributed by atoms with Gasteiger partial charge in [-0.05, 0) is 82.4 Å². The Balaban J connectivity index is 1.43. The van der Waals surface area contributed by atoms with Crippen LogP contribution in [0.4, 0.5) is 11.6 Å². The first-order valence-corrected chi connectivity index (χ1v) is 13.2. The molecule has 2 aromatic heterocycles. The van der Waals surface area contributed by atoms with Crippen molar-refractivity contribution in [2.24, 2.45) is 0 Å². The van der Waals surface area contributed by atoms with Crippen molar-refractivity contribution in [3.05, 3.63) is 52.9 Å². The number of fused-ring (bicyclic) bond motifs is 1. The van der Waals surface area contributed by atoms with Crippen LogP contribution in [-0.4, -0.2) is 52.0 Å². The fraction of sp³-hybridized carbons (Fsp3) is 0.458. The van der Waals surface area contributed by atoms with Crippen molar-refractivity contribution in [3.63, 3.8) is 0 Å². The molecule has 1 aromatic carbocycles. The van der Waals surface area contributed by atoms with Crippen molar-refractivity contribution < 1.29 is 13.5 Å². The minimum Gasteiger partial charge on any atom is -0.388 e. The van der Waals surface area contributed by atoms with E-state index in [-0.39, 0.29) is 16.9 Å². The van der Waals surface area contributed by atoms with Gasteiger partial charge < -0.3 is 15.7 Å². The number of aliphatic hydroxyl groups is 1. The van der Waals surface area contributed by atoms with Gasteiger partial charge in [-0.15, -0.1) is 0 Å². The third kappa shape index (κ3) is 4.21. The van der Waals surface area contributed by atoms with Gasteiger partial charge in [-0.2, -0.15) is 4.98 Å². The van der Waals surface area contributed by atoms with Crippen LogP contribution in [0.3, 0.4) is 0 Å². The Hall–Kier alpha value is -2.82. The molecule has 2 aliphatic rings.